The quantitative estimate of drug-likeness (QED) is 0.565. The zero-order valence-corrected chi connectivity index (χ0v) is 18.2. The summed E-state index contributed by atoms with van der Waals surface area (Å²) in [5.74, 6) is -0.0473. The van der Waals surface area contributed by atoms with Gasteiger partial charge in [-0.25, -0.2) is 4.90 Å². The molecule has 0 fully saturated rings. The van der Waals surface area contributed by atoms with E-state index < -0.39 is 0 Å². The Balaban J connectivity index is 1.42. The molecule has 0 saturated heterocycles. The lowest BCUT2D eigenvalue weighted by molar-refractivity contribution is -0.118. The van der Waals surface area contributed by atoms with Crippen LogP contribution in [0.2, 0.25) is 0 Å². The molecule has 0 aliphatic carbocycles. The van der Waals surface area contributed by atoms with Gasteiger partial charge in [-0.2, -0.15) is 0 Å². The Morgan fingerprint density at radius 2 is 1.62 bits per heavy atom. The first-order valence-corrected chi connectivity index (χ1v) is 10.5. The molecule has 0 saturated carbocycles. The van der Waals surface area contributed by atoms with E-state index in [2.05, 4.69) is 19.2 Å². The van der Waals surface area contributed by atoms with E-state index in [9.17, 15) is 14.4 Å². The van der Waals surface area contributed by atoms with E-state index in [1.807, 2.05) is 25.1 Å². The number of imide groups is 1. The van der Waals surface area contributed by atoms with Crippen molar-refractivity contribution in [2.75, 3.05) is 16.8 Å². The first-order chi connectivity index (χ1) is 15.3. The largest absolute Gasteiger partial charge is 0.484 e. The summed E-state index contributed by atoms with van der Waals surface area (Å²) >= 11 is 0. The average molecular weight is 428 g/mol. The van der Waals surface area contributed by atoms with Crippen molar-refractivity contribution >= 4 is 29.1 Å². The van der Waals surface area contributed by atoms with Crippen LogP contribution >= 0.6 is 0 Å². The summed E-state index contributed by atoms with van der Waals surface area (Å²) < 4.78 is 5.63. The predicted molar refractivity (Wildman–Crippen MR) is 123 cm³/mol. The topological polar surface area (TPSA) is 75.7 Å². The third-order valence-electron chi connectivity index (χ3n) is 5.42. The van der Waals surface area contributed by atoms with Crippen molar-refractivity contribution in [2.24, 2.45) is 0 Å². The van der Waals surface area contributed by atoms with Gasteiger partial charge in [-0.15, -0.1) is 0 Å². The number of fused-ring (bicyclic) bond motifs is 1. The second kappa shape index (κ2) is 8.67. The molecule has 1 N–H and O–H groups in total. The second-order valence-electron chi connectivity index (χ2n) is 8.05. The van der Waals surface area contributed by atoms with Crippen LogP contribution in [-0.2, 0) is 4.79 Å². The molecule has 6 nitrogen and oxygen atoms in total. The molecule has 0 aromatic heterocycles. The highest BCUT2D eigenvalue weighted by Gasteiger charge is 2.36. The average Bonchev–Trinajstić information content (AvgIpc) is 3.02. The summed E-state index contributed by atoms with van der Waals surface area (Å²) in [4.78, 5) is 38.9. The summed E-state index contributed by atoms with van der Waals surface area (Å²) in [5, 5.41) is 2.76. The number of ether oxygens (including phenoxy) is 1. The Morgan fingerprint density at radius 3 is 2.25 bits per heavy atom. The highest BCUT2D eigenvalue weighted by molar-refractivity contribution is 6.34. The van der Waals surface area contributed by atoms with Crippen molar-refractivity contribution in [1.29, 1.82) is 0 Å². The number of rotatable bonds is 6. The molecule has 3 aromatic carbocycles. The second-order valence-corrected chi connectivity index (χ2v) is 8.05. The normalized spacial score (nSPS) is 12.8. The fourth-order valence-corrected chi connectivity index (χ4v) is 3.88. The maximum absolute atomic E-state index is 12.7. The van der Waals surface area contributed by atoms with Gasteiger partial charge < -0.3 is 10.1 Å². The van der Waals surface area contributed by atoms with Crippen LogP contribution < -0.4 is 15.0 Å². The number of carbonyl (C=O) groups excluding carboxylic acids is 3. The molecule has 0 radical (unpaired) electrons. The minimum Gasteiger partial charge on any atom is -0.484 e. The fourth-order valence-electron chi connectivity index (χ4n) is 3.88. The van der Waals surface area contributed by atoms with E-state index in [1.54, 1.807) is 48.5 Å². The molecule has 3 aromatic rings. The van der Waals surface area contributed by atoms with Crippen molar-refractivity contribution in [3.8, 4) is 5.75 Å². The molecule has 162 valence electrons. The van der Waals surface area contributed by atoms with Crippen LogP contribution in [0.15, 0.2) is 66.7 Å². The van der Waals surface area contributed by atoms with Crippen LogP contribution in [0.4, 0.5) is 11.4 Å². The van der Waals surface area contributed by atoms with E-state index in [0.717, 1.165) is 10.5 Å². The van der Waals surface area contributed by atoms with Crippen molar-refractivity contribution in [3.63, 3.8) is 0 Å². The van der Waals surface area contributed by atoms with E-state index >= 15 is 0 Å². The maximum atomic E-state index is 12.7. The zero-order chi connectivity index (χ0) is 22.8. The van der Waals surface area contributed by atoms with Gasteiger partial charge in [-0.1, -0.05) is 38.1 Å². The molecule has 1 aliphatic rings. The van der Waals surface area contributed by atoms with Gasteiger partial charge in [0.25, 0.3) is 17.7 Å². The number of nitrogens with zero attached hydrogens (tertiary/aromatic N) is 1. The monoisotopic (exact) mass is 428 g/mol. The van der Waals surface area contributed by atoms with Gasteiger partial charge in [-0.3, -0.25) is 14.4 Å². The molecule has 1 aliphatic heterocycles. The minimum atomic E-state index is -0.377. The van der Waals surface area contributed by atoms with Gasteiger partial charge in [0.15, 0.2) is 6.61 Å². The fraction of sp³-hybridized carbons (Fsp3) is 0.192. The molecule has 0 spiro atoms. The number of benzene rings is 3. The van der Waals surface area contributed by atoms with Crippen LogP contribution in [0.3, 0.4) is 0 Å². The number of carbonyl (C=O) groups is 3. The molecule has 4 rings (SSSR count). The predicted octanol–water partition coefficient (Wildman–Crippen LogP) is 4.94. The first kappa shape index (κ1) is 21.3. The summed E-state index contributed by atoms with van der Waals surface area (Å²) in [6.07, 6.45) is 0. The number of hydrogen-bond donors (Lipinski definition) is 1. The number of amides is 3. The van der Waals surface area contributed by atoms with Crippen LogP contribution in [0.25, 0.3) is 0 Å². The Bertz CT molecular complexity index is 1180. The number of anilines is 2. The van der Waals surface area contributed by atoms with Gasteiger partial charge in [0.05, 0.1) is 16.8 Å². The Hall–Kier alpha value is -3.93. The standard InChI is InChI=1S/C26H24N2O4/c1-16(2)21-12-11-20(13-17(21)3)32-15-24(29)27-18-7-6-8-19(14-18)28-25(30)22-9-4-5-10-23(22)26(28)31/h4-14,16H,15H2,1-3H3,(H,27,29). The summed E-state index contributed by atoms with van der Waals surface area (Å²) in [6, 6.07) is 19.1. The van der Waals surface area contributed by atoms with Crippen LogP contribution in [0, 0.1) is 6.92 Å². The van der Waals surface area contributed by atoms with Crippen molar-refractivity contribution < 1.29 is 19.1 Å². The van der Waals surface area contributed by atoms with Crippen LogP contribution in [0.1, 0.15) is 51.6 Å². The van der Waals surface area contributed by atoms with Gasteiger partial charge in [-0.05, 0) is 66.4 Å². The Labute approximate surface area is 186 Å². The number of hydrogen-bond acceptors (Lipinski definition) is 4. The third-order valence-corrected chi connectivity index (χ3v) is 5.42. The zero-order valence-electron chi connectivity index (χ0n) is 18.2. The molecule has 32 heavy (non-hydrogen) atoms. The summed E-state index contributed by atoms with van der Waals surface area (Å²) in [6.45, 7) is 6.13. The lowest BCUT2D eigenvalue weighted by Crippen LogP contribution is -2.29. The lowest BCUT2D eigenvalue weighted by atomic mass is 9.98. The molecular formula is C26H24N2O4. The van der Waals surface area contributed by atoms with Crippen LogP contribution in [-0.4, -0.2) is 24.3 Å². The van der Waals surface area contributed by atoms with Crippen molar-refractivity contribution in [3.05, 3.63) is 89.0 Å². The Morgan fingerprint density at radius 1 is 0.938 bits per heavy atom. The van der Waals surface area contributed by atoms with Gasteiger partial charge in [0.2, 0.25) is 0 Å². The number of aryl methyl sites for hydroxylation is 1. The first-order valence-electron chi connectivity index (χ1n) is 10.5. The summed E-state index contributed by atoms with van der Waals surface area (Å²) in [7, 11) is 0. The molecule has 6 heteroatoms. The molecular weight excluding hydrogens is 404 g/mol. The maximum Gasteiger partial charge on any atom is 0.266 e. The van der Waals surface area contributed by atoms with Crippen LogP contribution in [0.5, 0.6) is 5.75 Å². The minimum absolute atomic E-state index is 0.155. The third kappa shape index (κ3) is 4.12. The SMILES string of the molecule is Cc1cc(OCC(=O)Nc2cccc(N3C(=O)c4ccccc4C3=O)c2)ccc1C(C)C. The highest BCUT2D eigenvalue weighted by atomic mass is 16.5. The highest BCUT2D eigenvalue weighted by Crippen LogP contribution is 2.30. The summed E-state index contributed by atoms with van der Waals surface area (Å²) in [5.41, 5.74) is 3.98. The number of nitrogens with one attached hydrogen (secondary N) is 1. The molecule has 3 amide bonds. The van der Waals surface area contributed by atoms with Gasteiger partial charge in [0.1, 0.15) is 5.75 Å². The molecule has 0 unspecified atom stereocenters. The van der Waals surface area contributed by atoms with Crippen molar-refractivity contribution in [2.45, 2.75) is 26.7 Å². The smallest absolute Gasteiger partial charge is 0.266 e. The van der Waals surface area contributed by atoms with E-state index in [4.69, 9.17) is 4.74 Å². The van der Waals surface area contributed by atoms with Gasteiger partial charge >= 0.3 is 0 Å². The molecule has 1 heterocycles. The van der Waals surface area contributed by atoms with E-state index in [-0.39, 0.29) is 24.3 Å². The van der Waals surface area contributed by atoms with Gasteiger partial charge in [0, 0.05) is 5.69 Å². The molecule has 0 atom stereocenters. The van der Waals surface area contributed by atoms with E-state index in [0.29, 0.717) is 34.2 Å². The molecule has 0 bridgehead atoms. The Kier molecular flexibility index (Phi) is 5.77. The lowest BCUT2D eigenvalue weighted by Gasteiger charge is -2.15. The van der Waals surface area contributed by atoms with Crippen molar-refractivity contribution in [1.82, 2.24) is 0 Å². The van der Waals surface area contributed by atoms with E-state index in [1.165, 1.54) is 5.56 Å².